The summed E-state index contributed by atoms with van der Waals surface area (Å²) in [6.45, 7) is 1.67. The zero-order valence-corrected chi connectivity index (χ0v) is 8.50. The number of rotatable bonds is 2. The van der Waals surface area contributed by atoms with Crippen molar-refractivity contribution in [3.8, 4) is 0 Å². The van der Waals surface area contributed by atoms with Gasteiger partial charge in [-0.2, -0.15) is 0 Å². The van der Waals surface area contributed by atoms with Crippen molar-refractivity contribution in [2.75, 3.05) is 7.11 Å². The van der Waals surface area contributed by atoms with Crippen molar-refractivity contribution in [3.63, 3.8) is 0 Å². The summed E-state index contributed by atoms with van der Waals surface area (Å²) in [7, 11) is 1.30. The normalized spacial score (nSPS) is 14.3. The van der Waals surface area contributed by atoms with Crippen LogP contribution < -0.4 is 0 Å². The van der Waals surface area contributed by atoms with Gasteiger partial charge in [0.1, 0.15) is 0 Å². The van der Waals surface area contributed by atoms with E-state index in [-0.39, 0.29) is 18.3 Å². The van der Waals surface area contributed by atoms with Crippen molar-refractivity contribution in [2.45, 2.75) is 17.1 Å². The third kappa shape index (κ3) is 4.72. The van der Waals surface area contributed by atoms with Crippen molar-refractivity contribution in [2.24, 2.45) is 5.92 Å². The molecule has 0 amide bonds. The van der Waals surface area contributed by atoms with Crippen LogP contribution >= 0.6 is 34.8 Å². The Bertz CT molecular complexity index is 141. The molecule has 0 fully saturated rings. The van der Waals surface area contributed by atoms with E-state index in [0.29, 0.717) is 0 Å². The quantitative estimate of drug-likeness (QED) is 0.527. The number of ether oxygens (including phenoxy) is 1. The van der Waals surface area contributed by atoms with Crippen LogP contribution in [0.15, 0.2) is 0 Å². The molecule has 0 heterocycles. The second kappa shape index (κ2) is 4.39. The van der Waals surface area contributed by atoms with Crippen LogP contribution in [0.2, 0.25) is 0 Å². The fraction of sp³-hybridized carbons (Fsp3) is 0.833. The molecule has 0 aromatic carbocycles. The van der Waals surface area contributed by atoms with Gasteiger partial charge in [0.05, 0.1) is 13.5 Å². The topological polar surface area (TPSA) is 26.3 Å². The number of carbonyl (C=O) groups excluding carboxylic acids is 1. The number of halogens is 3. The minimum absolute atomic E-state index is 0.118. The van der Waals surface area contributed by atoms with Gasteiger partial charge in [-0.1, -0.05) is 41.7 Å². The van der Waals surface area contributed by atoms with E-state index in [1.165, 1.54) is 7.11 Å². The summed E-state index contributed by atoms with van der Waals surface area (Å²) in [5.41, 5.74) is 0. The van der Waals surface area contributed by atoms with Crippen LogP contribution in [0.25, 0.3) is 0 Å². The Morgan fingerprint density at radius 1 is 1.55 bits per heavy atom. The van der Waals surface area contributed by atoms with Crippen LogP contribution in [0.4, 0.5) is 0 Å². The number of hydrogen-bond acceptors (Lipinski definition) is 2. The summed E-state index contributed by atoms with van der Waals surface area (Å²) >= 11 is 16.5. The van der Waals surface area contributed by atoms with Gasteiger partial charge >= 0.3 is 5.97 Å². The highest BCUT2D eigenvalue weighted by molar-refractivity contribution is 6.67. The largest absolute Gasteiger partial charge is 0.469 e. The highest BCUT2D eigenvalue weighted by atomic mass is 35.6. The Morgan fingerprint density at radius 3 is 2.27 bits per heavy atom. The third-order valence-electron chi connectivity index (χ3n) is 1.26. The molecular weight excluding hydrogens is 210 g/mol. The molecule has 0 N–H and O–H groups in total. The van der Waals surface area contributed by atoms with Crippen LogP contribution in [0, 0.1) is 5.92 Å². The highest BCUT2D eigenvalue weighted by Gasteiger charge is 2.30. The van der Waals surface area contributed by atoms with Gasteiger partial charge < -0.3 is 4.74 Å². The second-order valence-electron chi connectivity index (χ2n) is 2.22. The molecule has 0 aliphatic carbocycles. The van der Waals surface area contributed by atoms with Gasteiger partial charge in [0.2, 0.25) is 0 Å². The minimum Gasteiger partial charge on any atom is -0.469 e. The summed E-state index contributed by atoms with van der Waals surface area (Å²) in [6, 6.07) is 0. The smallest absolute Gasteiger partial charge is 0.305 e. The summed E-state index contributed by atoms with van der Waals surface area (Å²) < 4.78 is 3.01. The van der Waals surface area contributed by atoms with E-state index in [4.69, 9.17) is 34.8 Å². The Hall–Kier alpha value is 0.340. The minimum atomic E-state index is -1.39. The van der Waals surface area contributed by atoms with Crippen molar-refractivity contribution < 1.29 is 9.53 Å². The number of methoxy groups -OCH3 is 1. The van der Waals surface area contributed by atoms with Crippen molar-refractivity contribution >= 4 is 40.8 Å². The number of carbonyl (C=O) groups is 1. The molecule has 0 unspecified atom stereocenters. The first-order valence-electron chi connectivity index (χ1n) is 3.01. The van der Waals surface area contributed by atoms with Crippen LogP contribution in [-0.2, 0) is 9.53 Å². The maximum absolute atomic E-state index is 10.7. The highest BCUT2D eigenvalue weighted by Crippen LogP contribution is 2.36. The molecule has 0 aliphatic rings. The Morgan fingerprint density at radius 2 is 2.00 bits per heavy atom. The van der Waals surface area contributed by atoms with Crippen molar-refractivity contribution in [3.05, 3.63) is 0 Å². The molecule has 0 rings (SSSR count). The standard InChI is InChI=1S/C6H9Cl3O2/c1-4(6(7,8)9)3-5(10)11-2/h4H,3H2,1-2H3/t4-/m0/s1. The molecule has 0 spiro atoms. The molecule has 0 bridgehead atoms. The number of hydrogen-bond donors (Lipinski definition) is 0. The lowest BCUT2D eigenvalue weighted by Crippen LogP contribution is -2.19. The number of alkyl halides is 3. The molecule has 0 saturated heterocycles. The first-order valence-corrected chi connectivity index (χ1v) is 4.15. The average Bonchev–Trinajstić information content (AvgIpc) is 1.85. The van der Waals surface area contributed by atoms with Crippen molar-refractivity contribution in [1.29, 1.82) is 0 Å². The Kier molecular flexibility index (Phi) is 4.52. The monoisotopic (exact) mass is 218 g/mol. The van der Waals surface area contributed by atoms with Gasteiger partial charge in [-0.05, 0) is 0 Å². The number of esters is 1. The van der Waals surface area contributed by atoms with Gasteiger partial charge in [-0.25, -0.2) is 0 Å². The molecule has 11 heavy (non-hydrogen) atoms. The van der Waals surface area contributed by atoms with E-state index in [9.17, 15) is 4.79 Å². The van der Waals surface area contributed by atoms with Gasteiger partial charge in [0.25, 0.3) is 0 Å². The molecule has 0 radical (unpaired) electrons. The molecule has 66 valence electrons. The summed E-state index contributed by atoms with van der Waals surface area (Å²) in [6.07, 6.45) is 0.118. The fourth-order valence-corrected chi connectivity index (χ4v) is 0.681. The van der Waals surface area contributed by atoms with Gasteiger partial charge in [0, 0.05) is 5.92 Å². The first-order chi connectivity index (χ1) is 4.88. The lowest BCUT2D eigenvalue weighted by molar-refractivity contribution is -0.141. The zero-order valence-electron chi connectivity index (χ0n) is 6.23. The van der Waals surface area contributed by atoms with Gasteiger partial charge in [0.15, 0.2) is 3.79 Å². The van der Waals surface area contributed by atoms with E-state index in [0.717, 1.165) is 0 Å². The van der Waals surface area contributed by atoms with Crippen LogP contribution in [0.3, 0.4) is 0 Å². The van der Waals surface area contributed by atoms with Crippen LogP contribution in [0.1, 0.15) is 13.3 Å². The lowest BCUT2D eigenvalue weighted by atomic mass is 10.1. The molecule has 5 heteroatoms. The second-order valence-corrected chi connectivity index (χ2v) is 4.59. The maximum Gasteiger partial charge on any atom is 0.305 e. The van der Waals surface area contributed by atoms with E-state index in [1.807, 2.05) is 0 Å². The van der Waals surface area contributed by atoms with E-state index in [2.05, 4.69) is 4.74 Å². The Balaban J connectivity index is 3.87. The molecule has 2 nitrogen and oxygen atoms in total. The third-order valence-corrected chi connectivity index (χ3v) is 2.38. The molecule has 0 aliphatic heterocycles. The molecule has 0 aromatic heterocycles. The first kappa shape index (κ1) is 11.3. The summed E-state index contributed by atoms with van der Waals surface area (Å²) in [5, 5.41) is 0. The zero-order chi connectivity index (χ0) is 9.07. The van der Waals surface area contributed by atoms with E-state index >= 15 is 0 Å². The summed E-state index contributed by atoms with van der Waals surface area (Å²) in [5.74, 6) is -0.705. The van der Waals surface area contributed by atoms with Crippen LogP contribution in [0.5, 0.6) is 0 Å². The predicted octanol–water partition coefficient (Wildman–Crippen LogP) is 2.56. The lowest BCUT2D eigenvalue weighted by Gasteiger charge is -2.18. The van der Waals surface area contributed by atoms with Crippen LogP contribution in [-0.4, -0.2) is 16.9 Å². The molecule has 1 atom stereocenters. The molecule has 0 aromatic rings. The fourth-order valence-electron chi connectivity index (χ4n) is 0.449. The maximum atomic E-state index is 10.7. The Labute approximate surface area is 80.7 Å². The van der Waals surface area contributed by atoms with Gasteiger partial charge in [-0.15, -0.1) is 0 Å². The molecular formula is C6H9Cl3O2. The van der Waals surface area contributed by atoms with Gasteiger partial charge in [-0.3, -0.25) is 4.79 Å². The predicted molar refractivity (Wildman–Crippen MR) is 46.1 cm³/mol. The van der Waals surface area contributed by atoms with Crippen molar-refractivity contribution in [1.82, 2.24) is 0 Å². The van der Waals surface area contributed by atoms with E-state index in [1.54, 1.807) is 6.92 Å². The molecule has 0 saturated carbocycles. The average molecular weight is 219 g/mol. The summed E-state index contributed by atoms with van der Waals surface area (Å²) in [4.78, 5) is 10.7. The van der Waals surface area contributed by atoms with E-state index < -0.39 is 3.79 Å². The SMILES string of the molecule is COC(=O)C[C@H](C)C(Cl)(Cl)Cl.